The van der Waals surface area contributed by atoms with Gasteiger partial charge in [-0.25, -0.2) is 5.43 Å². The number of nitrogens with one attached hydrogen (secondary N) is 1. The number of rotatable bonds is 7. The van der Waals surface area contributed by atoms with Gasteiger partial charge >= 0.3 is 18.0 Å². The van der Waals surface area contributed by atoms with E-state index in [4.69, 9.17) is 0 Å². The molecule has 0 saturated heterocycles. The lowest BCUT2D eigenvalue weighted by Crippen LogP contribution is -2.54. The summed E-state index contributed by atoms with van der Waals surface area (Å²) in [6, 6.07) is 4.95. The number of ether oxygens (including phenoxy) is 1. The van der Waals surface area contributed by atoms with Crippen LogP contribution in [0.2, 0.25) is 0 Å². The molecule has 0 fully saturated rings. The number of carbonyl (C=O) groups is 1. The standard InChI is InChI=1S/C17H15F7N4O2/c1-11(14(29)26-28-9-25-27(2)10-28)6-12-4-3-5-13(7-12)30-8-15(18,19)16(20,21)17(22,23)24/h3-7,9-10H,8H2,1-2H3/p+1/b11-6+. The summed E-state index contributed by atoms with van der Waals surface area (Å²) in [6.07, 6.45) is -2.30. The summed E-state index contributed by atoms with van der Waals surface area (Å²) >= 11 is 0. The first kappa shape index (κ1) is 23.2. The molecular formula is C17H16F7N4O2+. The summed E-state index contributed by atoms with van der Waals surface area (Å²) in [7, 11) is 1.63. The average molecular weight is 441 g/mol. The van der Waals surface area contributed by atoms with Crippen molar-refractivity contribution in [3.63, 3.8) is 0 Å². The van der Waals surface area contributed by atoms with Crippen molar-refractivity contribution in [3.05, 3.63) is 48.1 Å². The Hall–Kier alpha value is -3.12. The van der Waals surface area contributed by atoms with E-state index in [1.54, 1.807) is 7.05 Å². The van der Waals surface area contributed by atoms with Gasteiger partial charge in [-0.3, -0.25) is 4.79 Å². The third-order valence-electron chi connectivity index (χ3n) is 3.72. The molecule has 1 aromatic carbocycles. The van der Waals surface area contributed by atoms with E-state index < -0.39 is 30.5 Å². The van der Waals surface area contributed by atoms with Crippen LogP contribution in [-0.2, 0) is 11.8 Å². The molecule has 0 spiro atoms. The monoisotopic (exact) mass is 441 g/mol. The van der Waals surface area contributed by atoms with Gasteiger partial charge in [-0.1, -0.05) is 12.1 Å². The zero-order valence-electron chi connectivity index (χ0n) is 15.6. The van der Waals surface area contributed by atoms with E-state index >= 15 is 0 Å². The molecule has 164 valence electrons. The lowest BCUT2D eigenvalue weighted by molar-refractivity contribution is -0.642. The van der Waals surface area contributed by atoms with Gasteiger partial charge in [-0.15, -0.1) is 9.36 Å². The van der Waals surface area contributed by atoms with Crippen LogP contribution in [0.4, 0.5) is 30.7 Å². The molecule has 0 atom stereocenters. The molecule has 0 saturated carbocycles. The number of nitrogens with zero attached hydrogens (tertiary/aromatic N) is 3. The van der Waals surface area contributed by atoms with Crippen molar-refractivity contribution >= 4 is 12.0 Å². The molecule has 13 heteroatoms. The van der Waals surface area contributed by atoms with Crippen molar-refractivity contribution in [1.29, 1.82) is 0 Å². The summed E-state index contributed by atoms with van der Waals surface area (Å²) in [6.45, 7) is -0.748. The first-order chi connectivity index (χ1) is 13.7. The predicted molar refractivity (Wildman–Crippen MR) is 89.3 cm³/mol. The van der Waals surface area contributed by atoms with E-state index in [1.807, 2.05) is 0 Å². The molecule has 2 rings (SSSR count). The summed E-state index contributed by atoms with van der Waals surface area (Å²) in [5, 5.41) is 3.84. The Bertz CT molecular complexity index is 938. The van der Waals surface area contributed by atoms with Crippen molar-refractivity contribution in [2.75, 3.05) is 12.0 Å². The Morgan fingerprint density at radius 3 is 2.47 bits per heavy atom. The largest absolute Gasteiger partial charge is 0.487 e. The van der Waals surface area contributed by atoms with E-state index in [-0.39, 0.29) is 16.9 Å². The number of hydrogen-bond acceptors (Lipinski definition) is 3. The first-order valence-corrected chi connectivity index (χ1v) is 8.18. The van der Waals surface area contributed by atoms with Gasteiger partial charge in [0.1, 0.15) is 5.75 Å². The molecule has 0 unspecified atom stereocenters. The molecule has 0 aliphatic carbocycles. The van der Waals surface area contributed by atoms with Crippen molar-refractivity contribution in [1.82, 2.24) is 9.78 Å². The molecule has 0 aliphatic heterocycles. The summed E-state index contributed by atoms with van der Waals surface area (Å²) in [4.78, 5) is 12.1. The normalized spacial score (nSPS) is 13.3. The van der Waals surface area contributed by atoms with Gasteiger partial charge in [-0.05, 0) is 30.7 Å². The third kappa shape index (κ3) is 5.27. The predicted octanol–water partition coefficient (Wildman–Crippen LogP) is 3.09. The number of aryl methyl sites for hydroxylation is 1. The highest BCUT2D eigenvalue weighted by molar-refractivity contribution is 6.01. The van der Waals surface area contributed by atoms with Gasteiger partial charge in [0.2, 0.25) is 6.33 Å². The minimum absolute atomic E-state index is 0.178. The number of alkyl halides is 7. The van der Waals surface area contributed by atoms with Gasteiger partial charge in [0.15, 0.2) is 6.61 Å². The minimum Gasteiger partial charge on any atom is -0.487 e. The van der Waals surface area contributed by atoms with Crippen LogP contribution in [0, 0.1) is 0 Å². The van der Waals surface area contributed by atoms with E-state index in [0.29, 0.717) is 0 Å². The Kier molecular flexibility index (Phi) is 6.42. The van der Waals surface area contributed by atoms with Crippen LogP contribution in [0.1, 0.15) is 12.5 Å². The first-order valence-electron chi connectivity index (χ1n) is 8.18. The van der Waals surface area contributed by atoms with Crippen molar-refractivity contribution in [3.8, 4) is 5.75 Å². The molecule has 0 radical (unpaired) electrons. The fourth-order valence-electron chi connectivity index (χ4n) is 2.12. The number of hydrogen-bond donors (Lipinski definition) is 1. The molecule has 1 aromatic heterocycles. The second-order valence-corrected chi connectivity index (χ2v) is 6.23. The molecule has 0 aliphatic rings. The van der Waals surface area contributed by atoms with Gasteiger partial charge in [0.05, 0.1) is 7.05 Å². The average Bonchev–Trinajstić information content (AvgIpc) is 3.04. The van der Waals surface area contributed by atoms with Crippen molar-refractivity contribution in [2.45, 2.75) is 24.9 Å². The summed E-state index contributed by atoms with van der Waals surface area (Å²) in [5.41, 5.74) is 2.92. The van der Waals surface area contributed by atoms with Crippen LogP contribution >= 0.6 is 0 Å². The Balaban J connectivity index is 2.08. The van der Waals surface area contributed by atoms with Crippen LogP contribution in [0.15, 0.2) is 42.5 Å². The maximum atomic E-state index is 13.3. The molecule has 0 bridgehead atoms. The van der Waals surface area contributed by atoms with Gasteiger partial charge in [0.25, 0.3) is 12.2 Å². The highest BCUT2D eigenvalue weighted by atomic mass is 19.4. The Morgan fingerprint density at radius 1 is 1.23 bits per heavy atom. The van der Waals surface area contributed by atoms with Crippen LogP contribution in [0.5, 0.6) is 5.75 Å². The van der Waals surface area contributed by atoms with Crippen molar-refractivity contribution < 1.29 is 44.9 Å². The highest BCUT2D eigenvalue weighted by Gasteiger charge is 2.73. The van der Waals surface area contributed by atoms with Crippen LogP contribution in [0.3, 0.4) is 0 Å². The number of halogens is 7. The van der Waals surface area contributed by atoms with E-state index in [9.17, 15) is 35.5 Å². The Labute approximate surface area is 165 Å². The number of amides is 1. The van der Waals surface area contributed by atoms with Crippen LogP contribution in [0.25, 0.3) is 6.08 Å². The number of carbonyl (C=O) groups excluding carboxylic acids is 1. The molecule has 1 heterocycles. The maximum Gasteiger partial charge on any atom is 0.460 e. The smallest absolute Gasteiger partial charge is 0.460 e. The minimum atomic E-state index is -6.43. The second kappa shape index (κ2) is 8.32. The molecular weight excluding hydrogens is 425 g/mol. The topological polar surface area (TPSA) is 60.0 Å². The quantitative estimate of drug-likeness (QED) is 0.408. The maximum absolute atomic E-state index is 13.3. The van der Waals surface area contributed by atoms with Crippen LogP contribution in [-0.4, -0.2) is 40.3 Å². The fraction of sp³-hybridized carbons (Fsp3) is 0.353. The SMILES string of the molecule is C/C(=C\c1cccc(OCC(F)(F)C(F)(F)C(F)(F)F)c1)C(=O)N[n+]1cnn(C)c1. The molecule has 2 aromatic rings. The molecule has 1 N–H and O–H groups in total. The lowest BCUT2D eigenvalue weighted by atomic mass is 10.1. The van der Waals surface area contributed by atoms with Crippen molar-refractivity contribution in [2.24, 2.45) is 7.05 Å². The lowest BCUT2D eigenvalue weighted by Gasteiger charge is -2.27. The van der Waals surface area contributed by atoms with E-state index in [0.717, 1.165) is 12.1 Å². The number of benzene rings is 1. The van der Waals surface area contributed by atoms with Gasteiger partial charge < -0.3 is 4.74 Å². The molecule has 6 nitrogen and oxygen atoms in total. The second-order valence-electron chi connectivity index (χ2n) is 6.23. The van der Waals surface area contributed by atoms with E-state index in [1.165, 1.54) is 47.1 Å². The highest BCUT2D eigenvalue weighted by Crippen LogP contribution is 2.46. The molecule has 1 amide bonds. The molecule has 30 heavy (non-hydrogen) atoms. The van der Waals surface area contributed by atoms with E-state index in [2.05, 4.69) is 15.3 Å². The third-order valence-corrected chi connectivity index (χ3v) is 3.72. The van der Waals surface area contributed by atoms with Gasteiger partial charge in [0, 0.05) is 10.7 Å². The zero-order valence-corrected chi connectivity index (χ0v) is 15.6. The zero-order chi connectivity index (χ0) is 22.7. The summed E-state index contributed by atoms with van der Waals surface area (Å²) in [5.74, 6) is -12.6. The van der Waals surface area contributed by atoms with Crippen LogP contribution < -0.4 is 14.8 Å². The summed E-state index contributed by atoms with van der Waals surface area (Å²) < 4.78 is 96.1. The Morgan fingerprint density at radius 2 is 1.90 bits per heavy atom. The van der Waals surface area contributed by atoms with Gasteiger partial charge in [-0.2, -0.15) is 30.7 Å². The number of aromatic nitrogens is 3. The fourth-order valence-corrected chi connectivity index (χ4v) is 2.12.